The Bertz CT molecular complexity index is 276. The van der Waals surface area contributed by atoms with Crippen LogP contribution in [0.5, 0.6) is 0 Å². The van der Waals surface area contributed by atoms with Crippen molar-refractivity contribution in [3.8, 4) is 0 Å². The molecule has 0 radical (unpaired) electrons. The van der Waals surface area contributed by atoms with Gasteiger partial charge in [-0.1, -0.05) is 24.9 Å². The van der Waals surface area contributed by atoms with E-state index in [2.05, 4.69) is 17.4 Å². The zero-order chi connectivity index (χ0) is 11.2. The van der Waals surface area contributed by atoms with E-state index in [0.29, 0.717) is 6.04 Å². The summed E-state index contributed by atoms with van der Waals surface area (Å²) in [5, 5.41) is 7.26. The highest BCUT2D eigenvalue weighted by atomic mass is 16.5. The van der Waals surface area contributed by atoms with Gasteiger partial charge in [0.25, 0.3) is 0 Å². The van der Waals surface area contributed by atoms with E-state index in [4.69, 9.17) is 4.52 Å². The molecule has 0 unspecified atom stereocenters. The summed E-state index contributed by atoms with van der Waals surface area (Å²) < 4.78 is 5.07. The molecule has 16 heavy (non-hydrogen) atoms. The first-order valence-corrected chi connectivity index (χ1v) is 6.51. The summed E-state index contributed by atoms with van der Waals surface area (Å²) in [4.78, 5) is 0. The fourth-order valence-electron chi connectivity index (χ4n) is 2.64. The van der Waals surface area contributed by atoms with Gasteiger partial charge in [-0.15, -0.1) is 0 Å². The van der Waals surface area contributed by atoms with Crippen LogP contribution in [0.25, 0.3) is 0 Å². The molecule has 0 spiro atoms. The molecule has 0 saturated heterocycles. The van der Waals surface area contributed by atoms with E-state index in [1.165, 1.54) is 38.5 Å². The van der Waals surface area contributed by atoms with Gasteiger partial charge in [-0.05, 0) is 31.6 Å². The number of hydrogen-bond donors (Lipinski definition) is 1. The molecule has 3 heteroatoms. The average Bonchev–Trinajstić information content (AvgIpc) is 2.82. The van der Waals surface area contributed by atoms with Crippen LogP contribution in [0.1, 0.15) is 51.2 Å². The van der Waals surface area contributed by atoms with E-state index in [9.17, 15) is 0 Å². The highest BCUT2D eigenvalue weighted by Gasteiger charge is 2.20. The van der Waals surface area contributed by atoms with Gasteiger partial charge in [-0.25, -0.2) is 0 Å². The van der Waals surface area contributed by atoms with E-state index >= 15 is 0 Å². The molecule has 1 saturated carbocycles. The highest BCUT2D eigenvalue weighted by Crippen LogP contribution is 2.27. The molecule has 0 aromatic carbocycles. The second-order valence-corrected chi connectivity index (χ2v) is 4.87. The van der Waals surface area contributed by atoms with Crippen LogP contribution in [0, 0.1) is 5.92 Å². The standard InChI is InChI=1S/C13H22N2O/c1-2-3-11-4-6-12(7-5-11)14-10-13-8-9-15-16-13/h8-9,11-12,14H,2-7,10H2,1H3. The SMILES string of the molecule is CCCC1CCC(NCc2ccno2)CC1. The number of rotatable bonds is 5. The summed E-state index contributed by atoms with van der Waals surface area (Å²) in [7, 11) is 0. The van der Waals surface area contributed by atoms with Crippen LogP contribution in [0.15, 0.2) is 16.8 Å². The van der Waals surface area contributed by atoms with Crippen LogP contribution in [0.3, 0.4) is 0 Å². The van der Waals surface area contributed by atoms with E-state index in [1.807, 2.05) is 6.07 Å². The number of nitrogens with one attached hydrogen (secondary N) is 1. The first kappa shape index (κ1) is 11.6. The normalized spacial score (nSPS) is 25.8. The molecule has 1 aromatic rings. The lowest BCUT2D eigenvalue weighted by atomic mass is 9.83. The number of hydrogen-bond acceptors (Lipinski definition) is 3. The van der Waals surface area contributed by atoms with E-state index in [-0.39, 0.29) is 0 Å². The van der Waals surface area contributed by atoms with Crippen LogP contribution in [-0.4, -0.2) is 11.2 Å². The maximum Gasteiger partial charge on any atom is 0.150 e. The van der Waals surface area contributed by atoms with Gasteiger partial charge < -0.3 is 9.84 Å². The smallest absolute Gasteiger partial charge is 0.150 e. The molecule has 0 bridgehead atoms. The molecule has 1 heterocycles. The van der Waals surface area contributed by atoms with Crippen LogP contribution >= 0.6 is 0 Å². The van der Waals surface area contributed by atoms with E-state index in [0.717, 1.165) is 18.2 Å². The molecule has 1 N–H and O–H groups in total. The van der Waals surface area contributed by atoms with Crippen molar-refractivity contribution in [2.24, 2.45) is 5.92 Å². The minimum Gasteiger partial charge on any atom is -0.360 e. The molecule has 1 fully saturated rings. The maximum atomic E-state index is 5.07. The van der Waals surface area contributed by atoms with E-state index in [1.54, 1.807) is 6.20 Å². The zero-order valence-corrected chi connectivity index (χ0v) is 10.1. The summed E-state index contributed by atoms with van der Waals surface area (Å²) >= 11 is 0. The third kappa shape index (κ3) is 3.34. The van der Waals surface area contributed by atoms with Crippen molar-refractivity contribution < 1.29 is 4.52 Å². The predicted octanol–water partition coefficient (Wildman–Crippen LogP) is 3.12. The third-order valence-corrected chi connectivity index (χ3v) is 3.60. The molecule has 1 aliphatic carbocycles. The Hall–Kier alpha value is -0.830. The molecule has 0 aliphatic heterocycles. The van der Waals surface area contributed by atoms with Crippen LogP contribution in [0.4, 0.5) is 0 Å². The summed E-state index contributed by atoms with van der Waals surface area (Å²) in [6.07, 6.45) is 9.87. The van der Waals surface area contributed by atoms with Crippen molar-refractivity contribution in [1.82, 2.24) is 10.5 Å². The number of nitrogens with zero attached hydrogens (tertiary/aromatic N) is 1. The molecular weight excluding hydrogens is 200 g/mol. The Kier molecular flexibility index (Phi) is 4.40. The molecule has 1 aliphatic rings. The Morgan fingerprint density at radius 1 is 1.38 bits per heavy atom. The van der Waals surface area contributed by atoms with Crippen molar-refractivity contribution >= 4 is 0 Å². The van der Waals surface area contributed by atoms with Crippen molar-refractivity contribution in [1.29, 1.82) is 0 Å². The lowest BCUT2D eigenvalue weighted by molar-refractivity contribution is 0.269. The van der Waals surface area contributed by atoms with Gasteiger partial charge in [0.1, 0.15) is 5.76 Å². The summed E-state index contributed by atoms with van der Waals surface area (Å²) in [5.41, 5.74) is 0. The summed E-state index contributed by atoms with van der Waals surface area (Å²) in [5.74, 6) is 1.92. The Labute approximate surface area is 97.6 Å². The monoisotopic (exact) mass is 222 g/mol. The van der Waals surface area contributed by atoms with Crippen molar-refractivity contribution in [2.45, 2.75) is 58.0 Å². The quantitative estimate of drug-likeness (QED) is 0.831. The van der Waals surface area contributed by atoms with Crippen molar-refractivity contribution in [3.05, 3.63) is 18.0 Å². The van der Waals surface area contributed by atoms with E-state index < -0.39 is 0 Å². The average molecular weight is 222 g/mol. The Balaban J connectivity index is 1.65. The minimum absolute atomic E-state index is 0.679. The topological polar surface area (TPSA) is 38.1 Å². The largest absolute Gasteiger partial charge is 0.360 e. The fraction of sp³-hybridized carbons (Fsp3) is 0.769. The van der Waals surface area contributed by atoms with Crippen molar-refractivity contribution in [2.75, 3.05) is 0 Å². The molecule has 3 nitrogen and oxygen atoms in total. The second-order valence-electron chi connectivity index (χ2n) is 4.87. The zero-order valence-electron chi connectivity index (χ0n) is 10.1. The third-order valence-electron chi connectivity index (χ3n) is 3.60. The van der Waals surface area contributed by atoms with Gasteiger partial charge in [0, 0.05) is 12.1 Å². The van der Waals surface area contributed by atoms with Crippen LogP contribution < -0.4 is 5.32 Å². The Morgan fingerprint density at radius 3 is 2.81 bits per heavy atom. The van der Waals surface area contributed by atoms with Crippen LogP contribution in [-0.2, 0) is 6.54 Å². The van der Waals surface area contributed by atoms with Gasteiger partial charge >= 0.3 is 0 Å². The molecule has 0 atom stereocenters. The highest BCUT2D eigenvalue weighted by molar-refractivity contribution is 4.92. The lowest BCUT2D eigenvalue weighted by Crippen LogP contribution is -2.32. The fourth-order valence-corrected chi connectivity index (χ4v) is 2.64. The van der Waals surface area contributed by atoms with Crippen molar-refractivity contribution in [3.63, 3.8) is 0 Å². The lowest BCUT2D eigenvalue weighted by Gasteiger charge is -2.28. The maximum absolute atomic E-state index is 5.07. The second kappa shape index (κ2) is 6.04. The molecular formula is C13H22N2O. The summed E-state index contributed by atoms with van der Waals surface area (Å²) in [6.45, 7) is 3.11. The predicted molar refractivity (Wildman–Crippen MR) is 64.0 cm³/mol. The van der Waals surface area contributed by atoms with Gasteiger partial charge in [0.15, 0.2) is 0 Å². The van der Waals surface area contributed by atoms with Gasteiger partial charge in [0.05, 0.1) is 12.7 Å². The molecule has 90 valence electrons. The first-order chi connectivity index (χ1) is 7.88. The first-order valence-electron chi connectivity index (χ1n) is 6.51. The number of aromatic nitrogens is 1. The van der Waals surface area contributed by atoms with Gasteiger partial charge in [-0.3, -0.25) is 0 Å². The molecule has 1 aromatic heterocycles. The van der Waals surface area contributed by atoms with Gasteiger partial charge in [0.2, 0.25) is 0 Å². The molecule has 2 rings (SSSR count). The minimum atomic E-state index is 0.679. The Morgan fingerprint density at radius 2 is 2.19 bits per heavy atom. The van der Waals surface area contributed by atoms with Gasteiger partial charge in [-0.2, -0.15) is 0 Å². The summed E-state index contributed by atoms with van der Waals surface area (Å²) in [6, 6.07) is 2.61. The molecule has 0 amide bonds. The van der Waals surface area contributed by atoms with Crippen LogP contribution in [0.2, 0.25) is 0 Å².